The first-order valence-electron chi connectivity index (χ1n) is 24.4. The molecule has 2 atom stereocenters. The van der Waals surface area contributed by atoms with E-state index in [1.165, 1.54) is 103 Å². The number of esters is 2. The number of ether oxygens (including phenoxy) is 5. The predicted molar refractivity (Wildman–Crippen MR) is 237 cm³/mol. The third-order valence-corrected chi connectivity index (χ3v) is 11.0. The second kappa shape index (κ2) is 45.8. The molecule has 57 heavy (non-hydrogen) atoms. The van der Waals surface area contributed by atoms with E-state index >= 15 is 0 Å². The van der Waals surface area contributed by atoms with Crippen molar-refractivity contribution in [1.29, 1.82) is 0 Å². The molecule has 0 aliphatic carbocycles. The molecule has 0 fully saturated rings. The van der Waals surface area contributed by atoms with Crippen molar-refractivity contribution in [3.63, 3.8) is 0 Å². The third-order valence-electron chi connectivity index (χ3n) is 11.0. The molecule has 0 spiro atoms. The summed E-state index contributed by atoms with van der Waals surface area (Å²) in [5, 5.41) is 9.08. The van der Waals surface area contributed by atoms with E-state index in [1.54, 1.807) is 0 Å². The lowest BCUT2D eigenvalue weighted by Gasteiger charge is -2.22. The van der Waals surface area contributed by atoms with Gasteiger partial charge in [-0.25, -0.2) is 0 Å². The maximum Gasteiger partial charge on any atom is 0.308 e. The Labute approximate surface area is 352 Å². The average molecular weight is 814 g/mol. The standard InChI is InChI=1S/C48H95NO8/c1-5-9-13-17-19-23-31-45(29-21-15-11-7-3)47(51)56-39-27-25-37-53-41-33-49(35-43-55-44-36-50)34-42-54-38-26-28-40-57-48(52)46(30-22-16-12-8-4)32-24-20-18-14-10-6-2/h45-46,50H,5-44H2,1-4H3. The summed E-state index contributed by atoms with van der Waals surface area (Å²) >= 11 is 0. The van der Waals surface area contributed by atoms with Crippen LogP contribution in [0.4, 0.5) is 0 Å². The number of aliphatic hydroxyl groups is 1. The molecule has 1 N–H and O–H groups in total. The van der Waals surface area contributed by atoms with Crippen LogP contribution >= 0.6 is 0 Å². The molecule has 0 saturated heterocycles. The van der Waals surface area contributed by atoms with Gasteiger partial charge in [0.2, 0.25) is 0 Å². The highest BCUT2D eigenvalue weighted by molar-refractivity contribution is 5.72. The molecule has 9 nitrogen and oxygen atoms in total. The topological polar surface area (TPSA) is 104 Å². The molecule has 0 rings (SSSR count). The second-order valence-electron chi connectivity index (χ2n) is 16.4. The highest BCUT2D eigenvalue weighted by Gasteiger charge is 2.20. The van der Waals surface area contributed by atoms with Gasteiger partial charge in [0.15, 0.2) is 0 Å². The van der Waals surface area contributed by atoms with E-state index in [0.29, 0.717) is 52.9 Å². The maximum absolute atomic E-state index is 12.9. The van der Waals surface area contributed by atoms with Gasteiger partial charge >= 0.3 is 11.9 Å². The summed E-state index contributed by atoms with van der Waals surface area (Å²) in [5.74, 6) is 0.0998. The first-order valence-corrected chi connectivity index (χ1v) is 24.4. The van der Waals surface area contributed by atoms with Crippen molar-refractivity contribution in [2.45, 2.75) is 207 Å². The highest BCUT2D eigenvalue weighted by Crippen LogP contribution is 2.22. The van der Waals surface area contributed by atoms with Gasteiger partial charge in [-0.1, -0.05) is 156 Å². The van der Waals surface area contributed by atoms with Crippen molar-refractivity contribution in [2.75, 3.05) is 79.1 Å². The molecule has 0 radical (unpaired) electrons. The number of aliphatic hydroxyl groups excluding tert-OH is 1. The van der Waals surface area contributed by atoms with Crippen molar-refractivity contribution in [3.05, 3.63) is 0 Å². The van der Waals surface area contributed by atoms with E-state index in [1.807, 2.05) is 0 Å². The first-order chi connectivity index (χ1) is 28.0. The first kappa shape index (κ1) is 55.7. The summed E-state index contributed by atoms with van der Waals surface area (Å²) in [6, 6.07) is 0. The smallest absolute Gasteiger partial charge is 0.308 e. The fourth-order valence-corrected chi connectivity index (χ4v) is 7.22. The number of nitrogens with zero attached hydrogens (tertiary/aromatic N) is 1. The minimum Gasteiger partial charge on any atom is -0.465 e. The minimum atomic E-state index is 0.00131. The Kier molecular flexibility index (Phi) is 44.8. The lowest BCUT2D eigenvalue weighted by atomic mass is 9.94. The van der Waals surface area contributed by atoms with Crippen LogP contribution < -0.4 is 0 Å². The van der Waals surface area contributed by atoms with E-state index in [0.717, 1.165) is 96.7 Å². The molecule has 0 aromatic rings. The molecule has 0 saturated carbocycles. The maximum atomic E-state index is 12.9. The zero-order chi connectivity index (χ0) is 41.7. The van der Waals surface area contributed by atoms with Crippen molar-refractivity contribution < 1.29 is 38.4 Å². The Balaban J connectivity index is 4.34. The molecule has 2 unspecified atom stereocenters. The SMILES string of the molecule is CCCCCCCCC(CCCCCC)C(=O)OCCCCOCCN(CCOCCO)CCOCCCCOC(=O)C(CCCCCC)CCCCCCCC. The van der Waals surface area contributed by atoms with Gasteiger partial charge in [0, 0.05) is 32.8 Å². The fraction of sp³-hybridized carbons (Fsp3) is 0.958. The van der Waals surface area contributed by atoms with E-state index < -0.39 is 0 Å². The number of carbonyl (C=O) groups is 2. The molecule has 0 bridgehead atoms. The predicted octanol–water partition coefficient (Wildman–Crippen LogP) is 11.7. The Morgan fingerprint density at radius 1 is 0.386 bits per heavy atom. The molecule has 0 aromatic carbocycles. The lowest BCUT2D eigenvalue weighted by Crippen LogP contribution is -2.34. The van der Waals surface area contributed by atoms with Gasteiger partial charge in [0.25, 0.3) is 0 Å². The molecular formula is C48H95NO8. The van der Waals surface area contributed by atoms with E-state index in [-0.39, 0.29) is 30.4 Å². The molecule has 0 heterocycles. The van der Waals surface area contributed by atoms with Crippen LogP contribution in [-0.4, -0.2) is 101 Å². The minimum absolute atomic E-state index is 0.00131. The number of unbranched alkanes of at least 4 members (excludes halogenated alkanes) is 18. The molecule has 0 aliphatic heterocycles. The molecular weight excluding hydrogens is 719 g/mol. The number of carbonyl (C=O) groups excluding carboxylic acids is 2. The van der Waals surface area contributed by atoms with Crippen LogP contribution in [0, 0.1) is 11.8 Å². The largest absolute Gasteiger partial charge is 0.465 e. The Morgan fingerprint density at radius 3 is 1.04 bits per heavy atom. The average Bonchev–Trinajstić information content (AvgIpc) is 3.21. The van der Waals surface area contributed by atoms with Gasteiger partial charge in [-0.2, -0.15) is 0 Å². The van der Waals surface area contributed by atoms with Gasteiger partial charge < -0.3 is 28.8 Å². The quantitative estimate of drug-likeness (QED) is 0.0475. The van der Waals surface area contributed by atoms with Gasteiger partial charge in [-0.15, -0.1) is 0 Å². The van der Waals surface area contributed by atoms with Crippen molar-refractivity contribution in [2.24, 2.45) is 11.8 Å². The van der Waals surface area contributed by atoms with Gasteiger partial charge in [-0.3, -0.25) is 14.5 Å². The Hall–Kier alpha value is -1.26. The molecule has 0 aromatic heterocycles. The summed E-state index contributed by atoms with van der Waals surface area (Å²) in [4.78, 5) is 28.1. The summed E-state index contributed by atoms with van der Waals surface area (Å²) in [5.41, 5.74) is 0. The second-order valence-corrected chi connectivity index (χ2v) is 16.4. The molecule has 9 heteroatoms. The molecule has 0 amide bonds. The van der Waals surface area contributed by atoms with Crippen LogP contribution in [0.3, 0.4) is 0 Å². The number of hydrogen-bond donors (Lipinski definition) is 1. The summed E-state index contributed by atoms with van der Waals surface area (Å²) in [7, 11) is 0. The molecule has 0 aliphatic rings. The van der Waals surface area contributed by atoms with E-state index in [2.05, 4.69) is 32.6 Å². The summed E-state index contributed by atoms with van der Waals surface area (Å²) in [6.07, 6.45) is 31.7. The van der Waals surface area contributed by atoms with Crippen LogP contribution in [0.5, 0.6) is 0 Å². The fourth-order valence-electron chi connectivity index (χ4n) is 7.22. The zero-order valence-electron chi connectivity index (χ0n) is 38.2. The van der Waals surface area contributed by atoms with Crippen molar-refractivity contribution >= 4 is 11.9 Å². The van der Waals surface area contributed by atoms with Gasteiger partial charge in [-0.05, 0) is 51.4 Å². The van der Waals surface area contributed by atoms with Crippen molar-refractivity contribution in [1.82, 2.24) is 4.90 Å². The van der Waals surface area contributed by atoms with Crippen LogP contribution in [-0.2, 0) is 33.3 Å². The lowest BCUT2D eigenvalue weighted by molar-refractivity contribution is -0.150. The van der Waals surface area contributed by atoms with Crippen LogP contribution in [0.1, 0.15) is 207 Å². The summed E-state index contributed by atoms with van der Waals surface area (Å²) in [6.45, 7) is 15.6. The van der Waals surface area contributed by atoms with E-state index in [4.69, 9.17) is 28.8 Å². The van der Waals surface area contributed by atoms with Crippen LogP contribution in [0.25, 0.3) is 0 Å². The normalized spacial score (nSPS) is 12.7. The van der Waals surface area contributed by atoms with E-state index in [9.17, 15) is 9.59 Å². The number of hydrogen-bond acceptors (Lipinski definition) is 9. The van der Waals surface area contributed by atoms with Crippen LogP contribution in [0.2, 0.25) is 0 Å². The zero-order valence-corrected chi connectivity index (χ0v) is 38.2. The molecule has 340 valence electrons. The Morgan fingerprint density at radius 2 is 0.684 bits per heavy atom. The Bertz CT molecular complexity index is 770. The van der Waals surface area contributed by atoms with Gasteiger partial charge in [0.05, 0.1) is 58.1 Å². The van der Waals surface area contributed by atoms with Gasteiger partial charge in [0.1, 0.15) is 0 Å². The number of rotatable bonds is 47. The third kappa shape index (κ3) is 38.7. The van der Waals surface area contributed by atoms with Crippen molar-refractivity contribution in [3.8, 4) is 0 Å². The monoisotopic (exact) mass is 814 g/mol. The highest BCUT2D eigenvalue weighted by atomic mass is 16.5. The van der Waals surface area contributed by atoms with Crippen LogP contribution in [0.15, 0.2) is 0 Å². The summed E-state index contributed by atoms with van der Waals surface area (Å²) < 4.78 is 28.9.